The third-order valence-electron chi connectivity index (χ3n) is 3.39. The van der Waals surface area contributed by atoms with Crippen molar-refractivity contribution in [2.24, 2.45) is 5.10 Å². The minimum Gasteiger partial charge on any atom is -0.272 e. The van der Waals surface area contributed by atoms with Crippen LogP contribution in [0.2, 0.25) is 0 Å². The van der Waals surface area contributed by atoms with Gasteiger partial charge in [-0.1, -0.05) is 38.1 Å². The SMILES string of the molecule is CC(C)c1ccc(/C=N/Nc2ccc([N+](=O)[O-])cc2[N+](=O)[O-])cc1. The molecule has 0 unspecified atom stereocenters. The van der Waals surface area contributed by atoms with Gasteiger partial charge in [-0.2, -0.15) is 5.10 Å². The maximum atomic E-state index is 11.0. The number of nitrogens with zero attached hydrogens (tertiary/aromatic N) is 3. The van der Waals surface area contributed by atoms with Crippen LogP contribution in [0, 0.1) is 20.2 Å². The van der Waals surface area contributed by atoms with Crippen molar-refractivity contribution >= 4 is 23.3 Å². The van der Waals surface area contributed by atoms with Crippen LogP contribution in [-0.2, 0) is 0 Å². The number of benzene rings is 2. The van der Waals surface area contributed by atoms with E-state index in [4.69, 9.17) is 0 Å². The molecule has 8 heteroatoms. The van der Waals surface area contributed by atoms with Crippen LogP contribution in [0.15, 0.2) is 47.6 Å². The van der Waals surface area contributed by atoms with Gasteiger partial charge in [-0.3, -0.25) is 25.7 Å². The van der Waals surface area contributed by atoms with Crippen LogP contribution in [0.3, 0.4) is 0 Å². The lowest BCUT2D eigenvalue weighted by Gasteiger charge is -2.05. The first-order chi connectivity index (χ1) is 11.4. The molecule has 124 valence electrons. The summed E-state index contributed by atoms with van der Waals surface area (Å²) in [4.78, 5) is 20.3. The molecule has 1 N–H and O–H groups in total. The molecule has 8 nitrogen and oxygen atoms in total. The van der Waals surface area contributed by atoms with Gasteiger partial charge < -0.3 is 0 Å². The van der Waals surface area contributed by atoms with Crippen molar-refractivity contribution in [2.45, 2.75) is 19.8 Å². The number of hydrogen-bond donors (Lipinski definition) is 1. The Kier molecular flexibility index (Phi) is 5.20. The van der Waals surface area contributed by atoms with E-state index in [9.17, 15) is 20.2 Å². The Morgan fingerprint density at radius 3 is 2.25 bits per heavy atom. The molecule has 0 bridgehead atoms. The Hall–Kier alpha value is -3.29. The summed E-state index contributed by atoms with van der Waals surface area (Å²) in [6.45, 7) is 4.19. The molecule has 2 aromatic carbocycles. The number of hydrazone groups is 1. The van der Waals surface area contributed by atoms with Crippen molar-refractivity contribution in [3.05, 3.63) is 73.8 Å². The standard InChI is InChI=1S/C16H16N4O4/c1-11(2)13-5-3-12(4-6-13)10-17-18-15-8-7-14(19(21)22)9-16(15)20(23)24/h3-11,18H,1-2H3/b17-10+. The summed E-state index contributed by atoms with van der Waals surface area (Å²) in [6, 6.07) is 11.1. The van der Waals surface area contributed by atoms with Crippen molar-refractivity contribution in [3.8, 4) is 0 Å². The molecule has 0 radical (unpaired) electrons. The maximum Gasteiger partial charge on any atom is 0.301 e. The monoisotopic (exact) mass is 328 g/mol. The highest BCUT2D eigenvalue weighted by Crippen LogP contribution is 2.28. The van der Waals surface area contributed by atoms with Crippen molar-refractivity contribution in [2.75, 3.05) is 5.43 Å². The number of hydrogen-bond acceptors (Lipinski definition) is 6. The highest BCUT2D eigenvalue weighted by molar-refractivity contribution is 5.80. The van der Waals surface area contributed by atoms with E-state index in [2.05, 4.69) is 24.4 Å². The molecular formula is C16H16N4O4. The molecule has 0 aliphatic carbocycles. The lowest BCUT2D eigenvalue weighted by Crippen LogP contribution is -1.98. The van der Waals surface area contributed by atoms with Crippen LogP contribution in [0.25, 0.3) is 0 Å². The van der Waals surface area contributed by atoms with Gasteiger partial charge in [0.25, 0.3) is 5.69 Å². The first-order valence-corrected chi connectivity index (χ1v) is 7.20. The molecule has 0 atom stereocenters. The predicted molar refractivity (Wildman–Crippen MR) is 91.5 cm³/mol. The Labute approximate surface area is 138 Å². The van der Waals surface area contributed by atoms with E-state index >= 15 is 0 Å². The molecule has 0 amide bonds. The molecule has 0 saturated heterocycles. The molecule has 0 heterocycles. The van der Waals surface area contributed by atoms with Gasteiger partial charge in [-0.25, -0.2) is 0 Å². The highest BCUT2D eigenvalue weighted by atomic mass is 16.6. The second-order valence-electron chi connectivity index (χ2n) is 5.41. The third kappa shape index (κ3) is 4.13. The third-order valence-corrected chi connectivity index (χ3v) is 3.39. The number of nitro benzene ring substituents is 2. The van der Waals surface area contributed by atoms with E-state index in [0.717, 1.165) is 11.6 Å². The summed E-state index contributed by atoms with van der Waals surface area (Å²) in [5, 5.41) is 25.7. The summed E-state index contributed by atoms with van der Waals surface area (Å²) in [5.74, 6) is 0.428. The molecule has 2 aromatic rings. The van der Waals surface area contributed by atoms with E-state index in [1.54, 1.807) is 0 Å². The zero-order valence-corrected chi connectivity index (χ0v) is 13.2. The quantitative estimate of drug-likeness (QED) is 0.488. The van der Waals surface area contributed by atoms with Gasteiger partial charge in [-0.05, 0) is 23.1 Å². The lowest BCUT2D eigenvalue weighted by molar-refractivity contribution is -0.393. The van der Waals surface area contributed by atoms with Gasteiger partial charge in [0, 0.05) is 6.07 Å². The smallest absolute Gasteiger partial charge is 0.272 e. The number of nitro groups is 2. The number of rotatable bonds is 6. The van der Waals surface area contributed by atoms with Gasteiger partial charge in [0.2, 0.25) is 0 Å². The van der Waals surface area contributed by atoms with E-state index in [1.807, 2.05) is 24.3 Å². The largest absolute Gasteiger partial charge is 0.301 e. The molecule has 0 saturated carbocycles. The Balaban J connectivity index is 2.16. The zero-order chi connectivity index (χ0) is 17.7. The Bertz CT molecular complexity index is 785. The number of non-ortho nitro benzene ring substituents is 1. The molecule has 0 aromatic heterocycles. The fraction of sp³-hybridized carbons (Fsp3) is 0.188. The minimum absolute atomic E-state index is 0.0839. The van der Waals surface area contributed by atoms with Crippen LogP contribution in [-0.4, -0.2) is 16.1 Å². The van der Waals surface area contributed by atoms with Gasteiger partial charge in [-0.15, -0.1) is 0 Å². The Morgan fingerprint density at radius 2 is 1.71 bits per heavy atom. The maximum absolute atomic E-state index is 11.0. The van der Waals surface area contributed by atoms with Gasteiger partial charge in [0.15, 0.2) is 0 Å². The number of nitrogens with one attached hydrogen (secondary N) is 1. The fourth-order valence-corrected chi connectivity index (χ4v) is 2.02. The zero-order valence-electron chi connectivity index (χ0n) is 13.2. The molecular weight excluding hydrogens is 312 g/mol. The molecule has 2 rings (SSSR count). The molecule has 0 fully saturated rings. The number of anilines is 1. The van der Waals surface area contributed by atoms with Crippen LogP contribution in [0.5, 0.6) is 0 Å². The average Bonchev–Trinajstić information content (AvgIpc) is 2.55. The van der Waals surface area contributed by atoms with Crippen LogP contribution >= 0.6 is 0 Å². The first-order valence-electron chi connectivity index (χ1n) is 7.20. The second-order valence-corrected chi connectivity index (χ2v) is 5.41. The van der Waals surface area contributed by atoms with E-state index < -0.39 is 15.5 Å². The van der Waals surface area contributed by atoms with Crippen molar-refractivity contribution in [3.63, 3.8) is 0 Å². The lowest BCUT2D eigenvalue weighted by atomic mass is 10.0. The predicted octanol–water partition coefficient (Wildman–Crippen LogP) is 4.07. The summed E-state index contributed by atoms with van der Waals surface area (Å²) in [7, 11) is 0. The minimum atomic E-state index is -0.692. The summed E-state index contributed by atoms with van der Waals surface area (Å²) < 4.78 is 0. The molecule has 24 heavy (non-hydrogen) atoms. The van der Waals surface area contributed by atoms with Crippen molar-refractivity contribution in [1.82, 2.24) is 0 Å². The fourth-order valence-electron chi connectivity index (χ4n) is 2.02. The summed E-state index contributed by atoms with van der Waals surface area (Å²) in [6.07, 6.45) is 1.52. The van der Waals surface area contributed by atoms with Gasteiger partial charge >= 0.3 is 5.69 Å². The van der Waals surface area contributed by atoms with Crippen LogP contribution in [0.4, 0.5) is 17.1 Å². The topological polar surface area (TPSA) is 111 Å². The van der Waals surface area contributed by atoms with E-state index in [-0.39, 0.29) is 11.4 Å². The molecule has 0 aliphatic rings. The van der Waals surface area contributed by atoms with Crippen molar-refractivity contribution in [1.29, 1.82) is 0 Å². The van der Waals surface area contributed by atoms with Gasteiger partial charge in [0.1, 0.15) is 5.69 Å². The van der Waals surface area contributed by atoms with E-state index in [1.165, 1.54) is 23.9 Å². The second kappa shape index (κ2) is 7.32. The first kappa shape index (κ1) is 17.1. The van der Waals surface area contributed by atoms with Crippen molar-refractivity contribution < 1.29 is 9.85 Å². The normalized spacial score (nSPS) is 11.0. The molecule has 0 spiro atoms. The van der Waals surface area contributed by atoms with E-state index in [0.29, 0.717) is 5.92 Å². The average molecular weight is 328 g/mol. The summed E-state index contributed by atoms with van der Waals surface area (Å²) >= 11 is 0. The van der Waals surface area contributed by atoms with Gasteiger partial charge in [0.05, 0.1) is 22.1 Å². The highest BCUT2D eigenvalue weighted by Gasteiger charge is 2.18. The summed E-state index contributed by atoms with van der Waals surface area (Å²) in [5.41, 5.74) is 3.91. The van der Waals surface area contributed by atoms with Crippen LogP contribution < -0.4 is 5.43 Å². The molecule has 0 aliphatic heterocycles. The van der Waals surface area contributed by atoms with Crippen LogP contribution in [0.1, 0.15) is 30.9 Å². The Morgan fingerprint density at radius 1 is 1.04 bits per heavy atom.